The largest absolute Gasteiger partial charge is 0.291 e. The van der Waals surface area contributed by atoms with Gasteiger partial charge in [-0.05, 0) is 12.1 Å². The lowest BCUT2D eigenvalue weighted by molar-refractivity contribution is -0.934. The maximum absolute atomic E-state index is 11.2. The van der Waals surface area contributed by atoms with Crippen molar-refractivity contribution in [3.8, 4) is 0 Å². The molecule has 0 unspecified atom stereocenters. The molecule has 0 atom stereocenters. The number of aromatic nitrogens is 4. The molecule has 2 heterocycles. The molecule has 4 aromatic rings. The number of non-ortho nitro benzene ring substituents is 2. The third-order valence-electron chi connectivity index (χ3n) is 4.84. The van der Waals surface area contributed by atoms with Crippen LogP contribution in [0.1, 0.15) is 0 Å². The molecule has 0 amide bonds. The average Bonchev–Trinajstić information content (AvgIpc) is 3.17. The molecule has 0 bridgehead atoms. The molecule has 0 radical (unpaired) electrons. The van der Waals surface area contributed by atoms with Gasteiger partial charge in [0.2, 0.25) is 0 Å². The number of nitro benzene ring substituents is 2. The maximum Gasteiger partial charge on any atom is 0.271 e. The average molecular weight is 465 g/mol. The number of hydrogen-bond acceptors (Lipinski definition) is 6. The van der Waals surface area contributed by atoms with Gasteiger partial charge < -0.3 is 0 Å². The van der Waals surface area contributed by atoms with Gasteiger partial charge in [-0.25, -0.2) is 9.36 Å². The van der Waals surface area contributed by atoms with Crippen LogP contribution < -0.4 is 0 Å². The molecule has 0 aliphatic rings. The van der Waals surface area contributed by atoms with E-state index in [2.05, 4.69) is 10.2 Å². The van der Waals surface area contributed by atoms with Crippen LogP contribution in [0.4, 0.5) is 11.4 Å². The second-order valence-corrected chi connectivity index (χ2v) is 8.43. The highest BCUT2D eigenvalue weighted by molar-refractivity contribution is 6.34. The molecular weight excluding hydrogens is 449 g/mol. The summed E-state index contributed by atoms with van der Waals surface area (Å²) in [5, 5.41) is 32.7. The van der Waals surface area contributed by atoms with Crippen LogP contribution in [0, 0.1) is 20.2 Å². The van der Waals surface area contributed by atoms with E-state index in [1.54, 1.807) is 21.5 Å². The minimum Gasteiger partial charge on any atom is -0.291 e. The summed E-state index contributed by atoms with van der Waals surface area (Å²) in [5.41, 5.74) is 0.939. The molecule has 2 aromatic heterocycles. The molecule has 2 aromatic carbocycles. The smallest absolute Gasteiger partial charge is 0.271 e. The molecule has 0 N–H and O–H groups in total. The summed E-state index contributed by atoms with van der Waals surface area (Å²) in [7, 11) is 3.80. The first-order chi connectivity index (χ1) is 14.6. The van der Waals surface area contributed by atoms with Gasteiger partial charge in [0, 0.05) is 35.0 Å². The molecule has 160 valence electrons. The predicted molar refractivity (Wildman–Crippen MR) is 115 cm³/mol. The third kappa shape index (κ3) is 3.90. The van der Waals surface area contributed by atoms with E-state index in [4.69, 9.17) is 23.2 Å². The first-order valence-corrected chi connectivity index (χ1v) is 9.74. The van der Waals surface area contributed by atoms with Gasteiger partial charge in [-0.2, -0.15) is 10.2 Å². The topological polar surface area (TPSA) is 122 Å². The molecule has 0 saturated heterocycles. The fraction of sp³-hybridized carbons (Fsp3) is 0.222. The zero-order valence-electron chi connectivity index (χ0n) is 16.4. The quantitative estimate of drug-likeness (QED) is 0.239. The number of nitrogens with zero attached hydrogens (tertiary/aromatic N) is 7. The Morgan fingerprint density at radius 3 is 1.58 bits per heavy atom. The second-order valence-electron chi connectivity index (χ2n) is 7.72. The Morgan fingerprint density at radius 1 is 0.839 bits per heavy atom. The Balaban J connectivity index is 1.70. The van der Waals surface area contributed by atoms with E-state index in [9.17, 15) is 20.2 Å². The summed E-state index contributed by atoms with van der Waals surface area (Å²) < 4.78 is 3.49. The van der Waals surface area contributed by atoms with Crippen LogP contribution >= 0.6 is 23.2 Å². The number of halogens is 2. The van der Waals surface area contributed by atoms with E-state index in [-0.39, 0.29) is 21.7 Å². The highest BCUT2D eigenvalue weighted by Crippen LogP contribution is 2.29. The number of hydrogen-bond donors (Lipinski definition) is 0. The molecule has 0 aliphatic heterocycles. The highest BCUT2D eigenvalue weighted by atomic mass is 35.5. The van der Waals surface area contributed by atoms with Crippen molar-refractivity contribution in [1.29, 1.82) is 0 Å². The molecule has 0 saturated carbocycles. The zero-order valence-corrected chi connectivity index (χ0v) is 17.9. The standard InChI is InChI=1S/C18H16Cl2N7O4/c1-27(2,9-23-15-7-11(25(28)29)3-5-13(15)17(19)21-23)10-24-16-8-12(26(30)31)4-6-14(16)18(20)22-24/h3-8H,9-10H2,1-2H3/q+1. The highest BCUT2D eigenvalue weighted by Gasteiger charge is 2.24. The van der Waals surface area contributed by atoms with Crippen molar-refractivity contribution in [2.24, 2.45) is 0 Å². The molecular formula is C18H16Cl2N7O4+. The van der Waals surface area contributed by atoms with Crippen molar-refractivity contribution in [2.75, 3.05) is 14.1 Å². The van der Waals surface area contributed by atoms with Gasteiger partial charge in [0.15, 0.2) is 23.6 Å². The van der Waals surface area contributed by atoms with Gasteiger partial charge >= 0.3 is 0 Å². The molecule has 11 nitrogen and oxygen atoms in total. The van der Waals surface area contributed by atoms with Gasteiger partial charge in [-0.1, -0.05) is 23.2 Å². The Morgan fingerprint density at radius 2 is 1.23 bits per heavy atom. The summed E-state index contributed by atoms with van der Waals surface area (Å²) in [5.74, 6) is 0. The summed E-state index contributed by atoms with van der Waals surface area (Å²) in [6.07, 6.45) is 0. The number of benzene rings is 2. The van der Waals surface area contributed by atoms with Crippen molar-refractivity contribution in [1.82, 2.24) is 19.6 Å². The molecule has 13 heteroatoms. The zero-order chi connectivity index (χ0) is 22.5. The van der Waals surface area contributed by atoms with Gasteiger partial charge in [0.25, 0.3) is 11.4 Å². The summed E-state index contributed by atoms with van der Waals surface area (Å²) in [4.78, 5) is 21.4. The minimum atomic E-state index is -0.477. The van der Waals surface area contributed by atoms with Crippen molar-refractivity contribution < 1.29 is 14.3 Å². The van der Waals surface area contributed by atoms with Gasteiger partial charge in [-0.3, -0.25) is 24.7 Å². The Hall–Kier alpha value is -3.28. The van der Waals surface area contributed by atoms with E-state index in [0.717, 1.165) is 0 Å². The van der Waals surface area contributed by atoms with Crippen LogP contribution in [0.2, 0.25) is 10.3 Å². The van der Waals surface area contributed by atoms with Crippen LogP contribution in [0.25, 0.3) is 21.8 Å². The molecule has 0 spiro atoms. The molecule has 0 fully saturated rings. The van der Waals surface area contributed by atoms with Gasteiger partial charge in [0.05, 0.1) is 35.0 Å². The minimum absolute atomic E-state index is 0.0622. The summed E-state index contributed by atoms with van der Waals surface area (Å²) in [6, 6.07) is 8.75. The number of quaternary nitrogens is 1. The van der Waals surface area contributed by atoms with Crippen molar-refractivity contribution in [2.45, 2.75) is 13.3 Å². The van der Waals surface area contributed by atoms with E-state index in [1.807, 2.05) is 14.1 Å². The first kappa shape index (κ1) is 21.0. The first-order valence-electron chi connectivity index (χ1n) is 8.99. The van der Waals surface area contributed by atoms with Crippen molar-refractivity contribution >= 4 is 56.4 Å². The van der Waals surface area contributed by atoms with Crippen LogP contribution in [0.3, 0.4) is 0 Å². The van der Waals surface area contributed by atoms with Crippen molar-refractivity contribution in [3.05, 3.63) is 66.9 Å². The summed E-state index contributed by atoms with van der Waals surface area (Å²) in [6.45, 7) is 0.608. The van der Waals surface area contributed by atoms with E-state index in [0.29, 0.717) is 39.6 Å². The lowest BCUT2D eigenvalue weighted by Crippen LogP contribution is -2.43. The molecule has 0 aliphatic carbocycles. The maximum atomic E-state index is 11.2. The normalized spacial score (nSPS) is 12.0. The fourth-order valence-corrected chi connectivity index (χ4v) is 3.96. The van der Waals surface area contributed by atoms with E-state index >= 15 is 0 Å². The number of nitro groups is 2. The SMILES string of the molecule is C[N+](C)(Cn1nc(Cl)c2ccc([N+](=O)[O-])cc21)Cn1nc(Cl)c2ccc([N+](=O)[O-])cc21. The van der Waals surface area contributed by atoms with E-state index in [1.165, 1.54) is 24.3 Å². The van der Waals surface area contributed by atoms with Gasteiger partial charge in [-0.15, -0.1) is 0 Å². The number of rotatable bonds is 6. The van der Waals surface area contributed by atoms with Crippen LogP contribution in [-0.2, 0) is 13.3 Å². The Labute approximate surface area is 184 Å². The van der Waals surface area contributed by atoms with Gasteiger partial charge in [0.1, 0.15) is 0 Å². The predicted octanol–water partition coefficient (Wildman–Crippen LogP) is 4.20. The monoisotopic (exact) mass is 464 g/mol. The molecule has 4 rings (SSSR count). The van der Waals surface area contributed by atoms with Crippen LogP contribution in [0.15, 0.2) is 36.4 Å². The lowest BCUT2D eigenvalue weighted by Gasteiger charge is -2.29. The van der Waals surface area contributed by atoms with Crippen LogP contribution in [0.5, 0.6) is 0 Å². The fourth-order valence-electron chi connectivity index (χ4n) is 3.46. The summed E-state index contributed by atoms with van der Waals surface area (Å²) >= 11 is 12.4. The Bertz CT molecular complexity index is 1260. The number of fused-ring (bicyclic) bond motifs is 2. The molecule has 31 heavy (non-hydrogen) atoms. The second kappa shape index (κ2) is 7.45. The van der Waals surface area contributed by atoms with E-state index < -0.39 is 9.85 Å². The van der Waals surface area contributed by atoms with Crippen molar-refractivity contribution in [3.63, 3.8) is 0 Å². The van der Waals surface area contributed by atoms with Crippen LogP contribution in [-0.4, -0.2) is 48.0 Å². The third-order valence-corrected chi connectivity index (χ3v) is 5.39. The Kier molecular flexibility index (Phi) is 5.04. The lowest BCUT2D eigenvalue weighted by atomic mass is 10.2.